The molecule has 0 bridgehead atoms. The van der Waals surface area contributed by atoms with Crippen molar-refractivity contribution in [2.45, 2.75) is 48.4 Å². The maximum absolute atomic E-state index is 9.87. The second-order valence-corrected chi connectivity index (χ2v) is 7.26. The number of carbonyl (C=O) groups is 2. The molecule has 0 aliphatic heterocycles. The standard InChI is InChI=1S/C6H10Cl4O.C4H6O3/c1-5(2,11)4(7)3-6(8,9)10;1-3(5)2-4(6)7/h4,11H,3H2,1-2H3;2H2,1H3,(H,6,7). The van der Waals surface area contributed by atoms with Crippen molar-refractivity contribution in [2.75, 3.05) is 0 Å². The molecule has 1 unspecified atom stereocenters. The molecule has 0 aromatic carbocycles. The maximum atomic E-state index is 9.87. The highest BCUT2D eigenvalue weighted by Gasteiger charge is 2.32. The monoisotopic (exact) mass is 340 g/mol. The number of aliphatic carboxylic acids is 1. The van der Waals surface area contributed by atoms with Crippen LogP contribution in [0.25, 0.3) is 0 Å². The maximum Gasteiger partial charge on any atom is 0.310 e. The molecule has 0 saturated heterocycles. The molecule has 0 aromatic rings. The van der Waals surface area contributed by atoms with Gasteiger partial charge in [-0.25, -0.2) is 0 Å². The van der Waals surface area contributed by atoms with E-state index in [9.17, 15) is 14.7 Å². The molecule has 0 aliphatic carbocycles. The predicted octanol–water partition coefficient (Wildman–Crippen LogP) is 3.18. The summed E-state index contributed by atoms with van der Waals surface area (Å²) in [7, 11) is 0. The van der Waals surface area contributed by atoms with E-state index in [2.05, 4.69) is 0 Å². The number of carboxylic acids is 1. The molecule has 0 fully saturated rings. The molecule has 0 spiro atoms. The quantitative estimate of drug-likeness (QED) is 0.608. The van der Waals surface area contributed by atoms with Crippen LogP contribution < -0.4 is 0 Å². The lowest BCUT2D eigenvalue weighted by Gasteiger charge is -2.26. The van der Waals surface area contributed by atoms with E-state index in [0.717, 1.165) is 0 Å². The number of carbonyl (C=O) groups excluding carboxylic acids is 1. The zero-order chi connectivity index (χ0) is 15.1. The van der Waals surface area contributed by atoms with E-state index in [1.54, 1.807) is 13.8 Å². The van der Waals surface area contributed by atoms with E-state index in [1.165, 1.54) is 6.92 Å². The van der Waals surface area contributed by atoms with E-state index >= 15 is 0 Å². The molecule has 4 nitrogen and oxygen atoms in total. The number of carboxylic acid groups (broad SMARTS) is 1. The second-order valence-electron chi connectivity index (χ2n) is 4.21. The molecule has 0 radical (unpaired) electrons. The van der Waals surface area contributed by atoms with Gasteiger partial charge in [0.25, 0.3) is 0 Å². The molecular weight excluding hydrogens is 326 g/mol. The summed E-state index contributed by atoms with van der Waals surface area (Å²) in [6.07, 6.45) is -0.233. The van der Waals surface area contributed by atoms with E-state index in [0.29, 0.717) is 0 Å². The van der Waals surface area contributed by atoms with Crippen LogP contribution >= 0.6 is 46.4 Å². The third kappa shape index (κ3) is 16.3. The molecular formula is C10H16Cl4O4. The molecule has 18 heavy (non-hydrogen) atoms. The Bertz CT molecular complexity index is 269. The van der Waals surface area contributed by atoms with E-state index in [1.807, 2.05) is 0 Å². The first-order chi connectivity index (χ1) is 7.75. The highest BCUT2D eigenvalue weighted by molar-refractivity contribution is 6.67. The van der Waals surface area contributed by atoms with Gasteiger partial charge in [-0.3, -0.25) is 9.59 Å². The minimum Gasteiger partial charge on any atom is -0.481 e. The summed E-state index contributed by atoms with van der Waals surface area (Å²) in [6, 6.07) is 0. The fourth-order valence-corrected chi connectivity index (χ4v) is 1.60. The van der Waals surface area contributed by atoms with Gasteiger partial charge in [0.05, 0.1) is 11.0 Å². The zero-order valence-electron chi connectivity index (χ0n) is 10.2. The third-order valence-corrected chi connectivity index (χ3v) is 2.73. The largest absolute Gasteiger partial charge is 0.481 e. The molecule has 8 heteroatoms. The minimum atomic E-state index is -1.40. The van der Waals surface area contributed by atoms with Crippen LogP contribution in [0.4, 0.5) is 0 Å². The first kappa shape index (κ1) is 20.6. The molecule has 1 atom stereocenters. The normalized spacial score (nSPS) is 13.3. The van der Waals surface area contributed by atoms with Gasteiger partial charge >= 0.3 is 5.97 Å². The lowest BCUT2D eigenvalue weighted by molar-refractivity contribution is -0.139. The van der Waals surface area contributed by atoms with Crippen LogP contribution in [0.15, 0.2) is 0 Å². The average molecular weight is 342 g/mol. The Kier molecular flexibility index (Phi) is 9.64. The summed E-state index contributed by atoms with van der Waals surface area (Å²) >= 11 is 22.1. The van der Waals surface area contributed by atoms with Crippen LogP contribution in [0, 0.1) is 0 Å². The van der Waals surface area contributed by atoms with Crippen molar-refractivity contribution in [2.24, 2.45) is 0 Å². The number of hydrogen-bond acceptors (Lipinski definition) is 3. The van der Waals surface area contributed by atoms with Gasteiger partial charge in [0.1, 0.15) is 12.2 Å². The van der Waals surface area contributed by atoms with Gasteiger partial charge in [-0.2, -0.15) is 0 Å². The number of ketones is 1. The average Bonchev–Trinajstić information content (AvgIpc) is 1.96. The summed E-state index contributed by atoms with van der Waals surface area (Å²) in [5.41, 5.74) is -1.02. The molecule has 0 rings (SSSR count). The van der Waals surface area contributed by atoms with Crippen LogP contribution in [0.1, 0.15) is 33.6 Å². The van der Waals surface area contributed by atoms with E-state index in [4.69, 9.17) is 51.5 Å². The van der Waals surface area contributed by atoms with Crippen molar-refractivity contribution >= 4 is 58.2 Å². The van der Waals surface area contributed by atoms with Gasteiger partial charge in [0, 0.05) is 6.42 Å². The van der Waals surface area contributed by atoms with Crippen molar-refractivity contribution in [3.8, 4) is 0 Å². The highest BCUT2D eigenvalue weighted by Crippen LogP contribution is 2.35. The molecule has 0 aliphatic rings. The van der Waals surface area contributed by atoms with Crippen molar-refractivity contribution in [3.63, 3.8) is 0 Å². The number of rotatable bonds is 4. The number of aliphatic hydroxyl groups is 1. The Morgan fingerprint density at radius 3 is 1.67 bits per heavy atom. The summed E-state index contributed by atoms with van der Waals surface area (Å²) in [5, 5.41) is 16.6. The van der Waals surface area contributed by atoms with Crippen LogP contribution in [0.5, 0.6) is 0 Å². The van der Waals surface area contributed by atoms with E-state index in [-0.39, 0.29) is 18.6 Å². The Hall–Kier alpha value is 0.260. The predicted molar refractivity (Wildman–Crippen MR) is 73.8 cm³/mol. The molecule has 108 valence electrons. The summed E-state index contributed by atoms with van der Waals surface area (Å²) < 4.78 is -1.40. The highest BCUT2D eigenvalue weighted by atomic mass is 35.6. The first-order valence-electron chi connectivity index (χ1n) is 4.90. The van der Waals surface area contributed by atoms with Crippen LogP contribution in [0.2, 0.25) is 0 Å². The van der Waals surface area contributed by atoms with Crippen molar-refractivity contribution in [1.82, 2.24) is 0 Å². The van der Waals surface area contributed by atoms with Gasteiger partial charge in [-0.05, 0) is 20.8 Å². The summed E-state index contributed by atoms with van der Waals surface area (Å²) in [5.74, 6) is -1.37. The molecule has 2 N–H and O–H groups in total. The molecule has 0 saturated carbocycles. The SMILES string of the molecule is CC(=O)CC(=O)O.CC(C)(O)C(Cl)CC(Cl)(Cl)Cl. The lowest BCUT2D eigenvalue weighted by atomic mass is 10.0. The summed E-state index contributed by atoms with van der Waals surface area (Å²) in [6.45, 7) is 4.39. The zero-order valence-corrected chi connectivity index (χ0v) is 13.2. The number of halogens is 4. The number of Topliss-reactive ketones (excluding diaryl/α,β-unsaturated/α-hetero) is 1. The Morgan fingerprint density at radius 2 is 1.61 bits per heavy atom. The lowest BCUT2D eigenvalue weighted by Crippen LogP contribution is -2.34. The topological polar surface area (TPSA) is 74.6 Å². The number of hydrogen-bond donors (Lipinski definition) is 2. The Morgan fingerprint density at radius 1 is 1.22 bits per heavy atom. The van der Waals surface area contributed by atoms with Crippen molar-refractivity contribution in [1.29, 1.82) is 0 Å². The van der Waals surface area contributed by atoms with Gasteiger partial charge < -0.3 is 10.2 Å². The minimum absolute atomic E-state index is 0.128. The van der Waals surface area contributed by atoms with Gasteiger partial charge in [0.2, 0.25) is 0 Å². The van der Waals surface area contributed by atoms with Crippen LogP contribution in [-0.4, -0.2) is 36.7 Å². The summed E-state index contributed by atoms with van der Waals surface area (Å²) in [4.78, 5) is 19.5. The first-order valence-corrected chi connectivity index (χ1v) is 6.47. The van der Waals surface area contributed by atoms with Crippen LogP contribution in [0.3, 0.4) is 0 Å². The fourth-order valence-electron chi connectivity index (χ4n) is 0.666. The second kappa shape index (κ2) is 8.43. The Balaban J connectivity index is 0. The Labute approximate surface area is 126 Å². The third-order valence-electron chi connectivity index (χ3n) is 1.58. The molecule has 0 amide bonds. The molecule has 0 heterocycles. The van der Waals surface area contributed by atoms with Crippen molar-refractivity contribution in [3.05, 3.63) is 0 Å². The smallest absolute Gasteiger partial charge is 0.310 e. The van der Waals surface area contributed by atoms with Gasteiger partial charge in [-0.15, -0.1) is 11.6 Å². The molecule has 0 aromatic heterocycles. The van der Waals surface area contributed by atoms with Crippen LogP contribution in [-0.2, 0) is 9.59 Å². The number of alkyl halides is 4. The fraction of sp³-hybridized carbons (Fsp3) is 0.800. The van der Waals surface area contributed by atoms with Gasteiger partial charge in [0.15, 0.2) is 3.79 Å². The van der Waals surface area contributed by atoms with E-state index < -0.39 is 20.7 Å². The van der Waals surface area contributed by atoms with Crippen molar-refractivity contribution < 1.29 is 19.8 Å². The van der Waals surface area contributed by atoms with Gasteiger partial charge in [-0.1, -0.05) is 34.8 Å².